The lowest BCUT2D eigenvalue weighted by Crippen LogP contribution is -2.25. The van der Waals surface area contributed by atoms with Crippen LogP contribution in [0.4, 0.5) is 0 Å². The summed E-state index contributed by atoms with van der Waals surface area (Å²) in [5.74, 6) is 1.82. The second kappa shape index (κ2) is 3.89. The smallest absolute Gasteiger partial charge is 0.166 e. The van der Waals surface area contributed by atoms with E-state index in [1.807, 2.05) is 0 Å². The third kappa shape index (κ3) is 1.69. The van der Waals surface area contributed by atoms with Crippen LogP contribution in [0.5, 0.6) is 11.5 Å². The maximum absolute atomic E-state index is 6.26. The Morgan fingerprint density at radius 2 is 2.11 bits per heavy atom. The molecule has 0 radical (unpaired) electrons. The van der Waals surface area contributed by atoms with Crippen molar-refractivity contribution in [3.05, 3.63) is 23.3 Å². The molecule has 2 aliphatic heterocycles. The number of rotatable bonds is 2. The van der Waals surface area contributed by atoms with Crippen molar-refractivity contribution in [1.29, 1.82) is 0 Å². The van der Waals surface area contributed by atoms with E-state index in [0.29, 0.717) is 0 Å². The second-order valence-electron chi connectivity index (χ2n) is 5.98. The van der Waals surface area contributed by atoms with Crippen molar-refractivity contribution >= 4 is 0 Å². The van der Waals surface area contributed by atoms with Crippen LogP contribution in [0, 0.1) is 0 Å². The van der Waals surface area contributed by atoms with Crippen LogP contribution in [-0.2, 0) is 6.42 Å². The number of fused-ring (bicyclic) bond motifs is 3. The van der Waals surface area contributed by atoms with Crippen LogP contribution in [0.1, 0.15) is 50.8 Å². The molecule has 2 N–H and O–H groups in total. The van der Waals surface area contributed by atoms with E-state index in [-0.39, 0.29) is 17.7 Å². The molecule has 0 amide bonds. The quantitative estimate of drug-likeness (QED) is 0.873. The fraction of sp³-hybridized carbons (Fsp3) is 0.600. The standard InChI is InChI=1S/C15H21NO2/c1-4-5-11-12(16)10-7-6-9-8-15(2,3)18-13(9)14(10)17-11/h6-7,11-12H,4-5,8,16H2,1-3H3. The molecular formula is C15H21NO2. The van der Waals surface area contributed by atoms with Gasteiger partial charge in [-0.2, -0.15) is 0 Å². The Labute approximate surface area is 108 Å². The average molecular weight is 247 g/mol. The molecule has 0 fully saturated rings. The Balaban J connectivity index is 1.99. The van der Waals surface area contributed by atoms with Crippen molar-refractivity contribution in [3.63, 3.8) is 0 Å². The molecule has 1 aromatic rings. The van der Waals surface area contributed by atoms with Crippen LogP contribution < -0.4 is 15.2 Å². The zero-order chi connectivity index (χ0) is 12.9. The van der Waals surface area contributed by atoms with Crippen molar-refractivity contribution in [2.75, 3.05) is 0 Å². The predicted octanol–water partition coefficient (Wildman–Crippen LogP) is 2.96. The van der Waals surface area contributed by atoms with E-state index in [4.69, 9.17) is 15.2 Å². The molecule has 1 aromatic carbocycles. The molecule has 2 heterocycles. The highest BCUT2D eigenvalue weighted by Gasteiger charge is 2.39. The molecule has 2 aliphatic rings. The van der Waals surface area contributed by atoms with Crippen LogP contribution >= 0.6 is 0 Å². The molecule has 0 aliphatic carbocycles. The second-order valence-corrected chi connectivity index (χ2v) is 5.98. The first-order chi connectivity index (χ1) is 8.52. The van der Waals surface area contributed by atoms with Crippen molar-refractivity contribution in [1.82, 2.24) is 0 Å². The average Bonchev–Trinajstić information content (AvgIpc) is 2.77. The number of ether oxygens (including phenoxy) is 2. The van der Waals surface area contributed by atoms with Gasteiger partial charge in [0.15, 0.2) is 11.5 Å². The zero-order valence-corrected chi connectivity index (χ0v) is 11.3. The summed E-state index contributed by atoms with van der Waals surface area (Å²) in [6.45, 7) is 6.37. The first kappa shape index (κ1) is 11.8. The highest BCUT2D eigenvalue weighted by Crippen LogP contribution is 2.49. The molecule has 0 bridgehead atoms. The Bertz CT molecular complexity index is 482. The van der Waals surface area contributed by atoms with Crippen LogP contribution in [0.2, 0.25) is 0 Å². The SMILES string of the molecule is CCCC1Oc2c(ccc3c2OC(C)(C)C3)C1N. The fourth-order valence-corrected chi connectivity index (χ4v) is 2.97. The minimum absolute atomic E-state index is 0.0161. The third-order valence-corrected chi connectivity index (χ3v) is 3.82. The first-order valence-electron chi connectivity index (χ1n) is 6.79. The van der Waals surface area contributed by atoms with Gasteiger partial charge >= 0.3 is 0 Å². The maximum Gasteiger partial charge on any atom is 0.166 e. The lowest BCUT2D eigenvalue weighted by atomic mass is 9.97. The Kier molecular flexibility index (Phi) is 2.56. The van der Waals surface area contributed by atoms with Crippen molar-refractivity contribution in [2.24, 2.45) is 5.73 Å². The molecule has 3 nitrogen and oxygen atoms in total. The molecular weight excluding hydrogens is 226 g/mol. The Hall–Kier alpha value is -1.22. The normalized spacial score (nSPS) is 27.3. The van der Waals surface area contributed by atoms with Crippen molar-refractivity contribution in [3.8, 4) is 11.5 Å². The minimum atomic E-state index is -0.131. The van der Waals surface area contributed by atoms with E-state index >= 15 is 0 Å². The maximum atomic E-state index is 6.26. The van der Waals surface area contributed by atoms with Crippen LogP contribution in [0.3, 0.4) is 0 Å². The topological polar surface area (TPSA) is 44.5 Å². The summed E-state index contributed by atoms with van der Waals surface area (Å²) in [4.78, 5) is 0. The molecule has 18 heavy (non-hydrogen) atoms. The van der Waals surface area contributed by atoms with Gasteiger partial charge in [0.05, 0.1) is 6.04 Å². The van der Waals surface area contributed by atoms with E-state index < -0.39 is 0 Å². The lowest BCUT2D eigenvalue weighted by molar-refractivity contribution is 0.126. The molecule has 0 saturated heterocycles. The van der Waals surface area contributed by atoms with Gasteiger partial charge in [0.25, 0.3) is 0 Å². The number of benzene rings is 1. The van der Waals surface area contributed by atoms with Crippen LogP contribution in [0.25, 0.3) is 0 Å². The van der Waals surface area contributed by atoms with Gasteiger partial charge in [0, 0.05) is 17.5 Å². The summed E-state index contributed by atoms with van der Waals surface area (Å²) in [5, 5.41) is 0. The number of hydrogen-bond acceptors (Lipinski definition) is 3. The molecule has 0 aromatic heterocycles. The van der Waals surface area contributed by atoms with Gasteiger partial charge in [-0.25, -0.2) is 0 Å². The number of nitrogens with two attached hydrogens (primary N) is 1. The minimum Gasteiger partial charge on any atom is -0.484 e. The summed E-state index contributed by atoms with van der Waals surface area (Å²) < 4.78 is 12.1. The van der Waals surface area contributed by atoms with Gasteiger partial charge in [0.2, 0.25) is 0 Å². The summed E-state index contributed by atoms with van der Waals surface area (Å²) in [6.07, 6.45) is 3.12. The molecule has 0 saturated carbocycles. The van der Waals surface area contributed by atoms with E-state index in [2.05, 4.69) is 32.9 Å². The van der Waals surface area contributed by atoms with E-state index in [1.165, 1.54) is 5.56 Å². The number of hydrogen-bond donors (Lipinski definition) is 1. The van der Waals surface area contributed by atoms with E-state index in [1.54, 1.807) is 0 Å². The predicted molar refractivity (Wildman–Crippen MR) is 71.1 cm³/mol. The summed E-state index contributed by atoms with van der Waals surface area (Å²) in [5.41, 5.74) is 8.47. The van der Waals surface area contributed by atoms with Gasteiger partial charge in [-0.05, 0) is 20.3 Å². The molecule has 0 spiro atoms. The van der Waals surface area contributed by atoms with Crippen LogP contribution in [-0.4, -0.2) is 11.7 Å². The summed E-state index contributed by atoms with van der Waals surface area (Å²) in [6, 6.07) is 4.23. The molecule has 2 unspecified atom stereocenters. The van der Waals surface area contributed by atoms with Gasteiger partial charge in [-0.15, -0.1) is 0 Å². The van der Waals surface area contributed by atoms with E-state index in [9.17, 15) is 0 Å². The van der Waals surface area contributed by atoms with Crippen molar-refractivity contribution in [2.45, 2.75) is 57.8 Å². The monoisotopic (exact) mass is 247 g/mol. The largest absolute Gasteiger partial charge is 0.484 e. The molecule has 98 valence electrons. The van der Waals surface area contributed by atoms with Crippen LogP contribution in [0.15, 0.2) is 12.1 Å². The third-order valence-electron chi connectivity index (χ3n) is 3.82. The Morgan fingerprint density at radius 3 is 2.83 bits per heavy atom. The molecule has 3 rings (SSSR count). The highest BCUT2D eigenvalue weighted by atomic mass is 16.5. The lowest BCUT2D eigenvalue weighted by Gasteiger charge is -2.18. The molecule has 3 heteroatoms. The highest BCUT2D eigenvalue weighted by molar-refractivity contribution is 5.57. The fourth-order valence-electron chi connectivity index (χ4n) is 2.97. The summed E-state index contributed by atoms with van der Waals surface area (Å²) >= 11 is 0. The Morgan fingerprint density at radius 1 is 1.33 bits per heavy atom. The zero-order valence-electron chi connectivity index (χ0n) is 11.3. The van der Waals surface area contributed by atoms with Gasteiger partial charge < -0.3 is 15.2 Å². The van der Waals surface area contributed by atoms with Crippen molar-refractivity contribution < 1.29 is 9.47 Å². The van der Waals surface area contributed by atoms with Gasteiger partial charge in [-0.1, -0.05) is 25.5 Å². The summed E-state index contributed by atoms with van der Waals surface area (Å²) in [7, 11) is 0. The molecule has 2 atom stereocenters. The van der Waals surface area contributed by atoms with E-state index in [0.717, 1.165) is 36.3 Å². The van der Waals surface area contributed by atoms with Gasteiger partial charge in [-0.3, -0.25) is 0 Å². The first-order valence-corrected chi connectivity index (χ1v) is 6.79. The van der Waals surface area contributed by atoms with Gasteiger partial charge in [0.1, 0.15) is 11.7 Å².